The summed E-state index contributed by atoms with van der Waals surface area (Å²) < 4.78 is 0. The van der Waals surface area contributed by atoms with Gasteiger partial charge < -0.3 is 49.3 Å². The molecule has 11 heavy (non-hydrogen) atoms. The summed E-state index contributed by atoms with van der Waals surface area (Å²) in [5.74, 6) is 0. The van der Waals surface area contributed by atoms with Crippen LogP contribution >= 0.6 is 12.4 Å². The Morgan fingerprint density at radius 1 is 0.273 bits per heavy atom. The molecule has 0 unspecified atom stereocenters. The number of hydrogen-bond donors (Lipinski definition) is 0. The van der Waals surface area contributed by atoms with E-state index in [9.17, 15) is 0 Å². The van der Waals surface area contributed by atoms with Gasteiger partial charge in [0.1, 0.15) is 0 Å². The molecule has 0 spiro atoms. The van der Waals surface area contributed by atoms with E-state index < -0.39 is 0 Å². The van der Waals surface area contributed by atoms with Gasteiger partial charge in [0.2, 0.25) is 0 Å². The van der Waals surface area contributed by atoms with Crippen molar-refractivity contribution in [3.05, 3.63) is 0 Å². The van der Waals surface area contributed by atoms with Gasteiger partial charge in [0.15, 0.2) is 0 Å². The molecule has 2 radical (unpaired) electrons. The molecule has 0 rings (SSSR count). The molecule has 0 aliphatic rings. The summed E-state index contributed by atoms with van der Waals surface area (Å²) in [6.07, 6.45) is 0. The number of hydrogen-bond acceptors (Lipinski definition) is 0. The van der Waals surface area contributed by atoms with E-state index in [0.29, 0.717) is 0 Å². The van der Waals surface area contributed by atoms with E-state index in [2.05, 4.69) is 0 Å². The molecular formula is H21ClO9Sn. The van der Waals surface area contributed by atoms with Crippen molar-refractivity contribution in [2.75, 3.05) is 0 Å². The summed E-state index contributed by atoms with van der Waals surface area (Å²) in [6.45, 7) is 0. The molecule has 0 aromatic rings. The Balaban J connectivity index is 0. The van der Waals surface area contributed by atoms with E-state index in [1.165, 1.54) is 0 Å². The molecule has 9 nitrogen and oxygen atoms in total. The van der Waals surface area contributed by atoms with Crippen molar-refractivity contribution in [3.8, 4) is 0 Å². The predicted molar refractivity (Wildman–Crippen MR) is 48.3 cm³/mol. The van der Waals surface area contributed by atoms with Crippen molar-refractivity contribution in [1.82, 2.24) is 0 Å². The van der Waals surface area contributed by atoms with Crippen LogP contribution in [-0.4, -0.2) is 73.2 Å². The second-order valence-electron chi connectivity index (χ2n) is 0. The monoisotopic (exact) mass is 320 g/mol. The first kappa shape index (κ1) is 2540. The third-order valence-electron chi connectivity index (χ3n) is 0. The van der Waals surface area contributed by atoms with Crippen LogP contribution in [0.25, 0.3) is 0 Å². The summed E-state index contributed by atoms with van der Waals surface area (Å²) in [5, 5.41) is 0. The van der Waals surface area contributed by atoms with Gasteiger partial charge >= 0.3 is 23.9 Å². The van der Waals surface area contributed by atoms with Gasteiger partial charge in [0, 0.05) is 0 Å². The van der Waals surface area contributed by atoms with E-state index in [1.807, 2.05) is 0 Å². The number of rotatable bonds is 0. The predicted octanol–water partition coefficient (Wildman–Crippen LogP) is -7.92. The van der Waals surface area contributed by atoms with Crippen molar-refractivity contribution in [2.45, 2.75) is 0 Å². The molecule has 0 fully saturated rings. The summed E-state index contributed by atoms with van der Waals surface area (Å²) in [5.41, 5.74) is 0. The first-order valence-corrected chi connectivity index (χ1v) is 0. The van der Waals surface area contributed by atoms with Gasteiger partial charge in [-0.1, -0.05) is 0 Å². The van der Waals surface area contributed by atoms with E-state index in [4.69, 9.17) is 0 Å². The summed E-state index contributed by atoms with van der Waals surface area (Å²) in [6, 6.07) is 0. The van der Waals surface area contributed by atoms with Gasteiger partial charge in [-0.2, -0.15) is 0 Å². The van der Waals surface area contributed by atoms with E-state index >= 15 is 0 Å². The summed E-state index contributed by atoms with van der Waals surface area (Å²) >= 11 is 0. The third-order valence-corrected chi connectivity index (χ3v) is 0. The molecular weight excluding hydrogens is 298 g/mol. The van der Waals surface area contributed by atoms with Crippen LogP contribution in [0.4, 0.5) is 0 Å². The van der Waals surface area contributed by atoms with Crippen molar-refractivity contribution in [3.63, 3.8) is 0 Å². The Labute approximate surface area is 85.9 Å². The molecule has 0 aromatic carbocycles. The molecule has 11 heteroatoms. The zero-order valence-corrected chi connectivity index (χ0v) is 10.5. The van der Waals surface area contributed by atoms with Crippen LogP contribution in [0.3, 0.4) is 0 Å². The van der Waals surface area contributed by atoms with E-state index in [0.717, 1.165) is 0 Å². The third kappa shape index (κ3) is 1540. The molecule has 0 aliphatic carbocycles. The van der Waals surface area contributed by atoms with Crippen molar-refractivity contribution in [2.24, 2.45) is 0 Å². The first-order valence-electron chi connectivity index (χ1n) is 0. The Morgan fingerprint density at radius 2 is 0.273 bits per heavy atom. The zero-order chi connectivity index (χ0) is 0. The van der Waals surface area contributed by atoms with Gasteiger partial charge in [-0.25, -0.2) is 0 Å². The second-order valence-corrected chi connectivity index (χ2v) is 0. The first-order chi connectivity index (χ1) is 0. The Hall–Kier alpha value is 0.729. The Kier molecular flexibility index (Phi) is 442000. The molecule has 0 heterocycles. The topological polar surface area (TPSA) is 284 Å². The summed E-state index contributed by atoms with van der Waals surface area (Å²) in [4.78, 5) is 0. The normalized spacial score (nSPS) is 0. The van der Waals surface area contributed by atoms with Crippen LogP contribution in [0, 0.1) is 0 Å². The quantitative estimate of drug-likeness (QED) is 0.375. The maximum atomic E-state index is 0. The van der Waals surface area contributed by atoms with Gasteiger partial charge in [-0.05, 0) is 0 Å². The number of halogens is 1. The fourth-order valence-electron chi connectivity index (χ4n) is 0. The fourth-order valence-corrected chi connectivity index (χ4v) is 0. The summed E-state index contributed by atoms with van der Waals surface area (Å²) in [7, 11) is 0. The van der Waals surface area contributed by atoms with E-state index in [-0.39, 0.29) is 85.6 Å². The average molecular weight is 319 g/mol. The molecule has 0 bridgehead atoms. The second kappa shape index (κ2) is 1910. The molecule has 0 saturated heterocycles. The van der Waals surface area contributed by atoms with Gasteiger partial charge in [-0.3, -0.25) is 0 Å². The van der Waals surface area contributed by atoms with Crippen molar-refractivity contribution < 1.29 is 49.3 Å². The van der Waals surface area contributed by atoms with Crippen LogP contribution in [0.5, 0.6) is 0 Å². The molecule has 86 valence electrons. The zero-order valence-electron chi connectivity index (χ0n) is 5.62. The van der Waals surface area contributed by atoms with Crippen LogP contribution in [0.15, 0.2) is 0 Å². The minimum absolute atomic E-state index is 0. The standard InChI is InChI=1S/ClH.9H2O.Sn.2H/h1H;9*1H2;;;. The molecule has 18 N–H and O–H groups in total. The van der Waals surface area contributed by atoms with Crippen molar-refractivity contribution in [1.29, 1.82) is 0 Å². The van der Waals surface area contributed by atoms with Crippen molar-refractivity contribution >= 4 is 36.3 Å². The van der Waals surface area contributed by atoms with Crippen LogP contribution in [-0.2, 0) is 0 Å². The molecule has 0 aromatic heterocycles. The molecule has 0 atom stereocenters. The molecule has 0 saturated carbocycles. The van der Waals surface area contributed by atoms with Gasteiger partial charge in [-0.15, -0.1) is 12.4 Å². The molecule has 0 aliphatic heterocycles. The average Bonchev–Trinajstić information content (AvgIpc) is 0. The SMILES string of the molecule is Cl.O.O.O.O.O.O.O.O.O.[SnH2]. The van der Waals surface area contributed by atoms with E-state index in [1.54, 1.807) is 0 Å². The minimum atomic E-state index is 0. The van der Waals surface area contributed by atoms with Crippen LogP contribution < -0.4 is 0 Å². The van der Waals surface area contributed by atoms with Gasteiger partial charge in [0.05, 0.1) is 0 Å². The van der Waals surface area contributed by atoms with Gasteiger partial charge in [0.25, 0.3) is 0 Å². The Morgan fingerprint density at radius 3 is 0.273 bits per heavy atom. The van der Waals surface area contributed by atoms with Crippen LogP contribution in [0.2, 0.25) is 0 Å². The van der Waals surface area contributed by atoms with Crippen LogP contribution in [0.1, 0.15) is 0 Å². The maximum absolute atomic E-state index is 0. The Bertz CT molecular complexity index is 9.52. The molecule has 0 amide bonds. The fraction of sp³-hybridized carbons (Fsp3) is 0.